The molecule has 8 nitrogen and oxygen atoms in total. The summed E-state index contributed by atoms with van der Waals surface area (Å²) < 4.78 is 5.17. The van der Waals surface area contributed by atoms with Gasteiger partial charge in [-0.2, -0.15) is 4.80 Å². The molecule has 150 valence electrons. The molecule has 0 aliphatic rings. The number of tetrazole rings is 1. The molecular weight excluding hydrogens is 370 g/mol. The molecular formula is C21H23N5O3. The van der Waals surface area contributed by atoms with Gasteiger partial charge in [-0.1, -0.05) is 59.7 Å². The number of aromatic nitrogens is 4. The molecule has 0 saturated heterocycles. The third-order valence-corrected chi connectivity index (χ3v) is 4.30. The molecule has 0 fully saturated rings. The second kappa shape index (κ2) is 9.09. The van der Waals surface area contributed by atoms with Crippen molar-refractivity contribution in [3.8, 4) is 11.4 Å². The number of rotatable bonds is 7. The molecule has 0 bridgehead atoms. The van der Waals surface area contributed by atoms with E-state index in [4.69, 9.17) is 4.74 Å². The predicted octanol–water partition coefficient (Wildman–Crippen LogP) is 2.21. The molecule has 0 aliphatic carbocycles. The summed E-state index contributed by atoms with van der Waals surface area (Å²) in [5.41, 5.74) is 4.05. The highest BCUT2D eigenvalue weighted by atomic mass is 16.5. The largest absolute Gasteiger partial charge is 0.451 e. The topological polar surface area (TPSA) is 99.0 Å². The minimum atomic E-state index is -0.923. The van der Waals surface area contributed by atoms with E-state index in [1.807, 2.05) is 62.4 Å². The van der Waals surface area contributed by atoms with Crippen LogP contribution in [0, 0.1) is 13.8 Å². The molecule has 1 aromatic heterocycles. The van der Waals surface area contributed by atoms with E-state index in [0.29, 0.717) is 12.4 Å². The van der Waals surface area contributed by atoms with E-state index in [9.17, 15) is 9.59 Å². The number of carbonyl (C=O) groups is 2. The van der Waals surface area contributed by atoms with Crippen LogP contribution in [0.15, 0.2) is 48.5 Å². The van der Waals surface area contributed by atoms with E-state index < -0.39 is 12.1 Å². The Morgan fingerprint density at radius 3 is 2.31 bits per heavy atom. The van der Waals surface area contributed by atoms with E-state index in [-0.39, 0.29) is 12.5 Å². The number of ether oxygens (including phenoxy) is 1. The van der Waals surface area contributed by atoms with E-state index in [1.54, 1.807) is 0 Å². The standard InChI is InChI=1S/C21H23N5O3/c1-14-4-8-17(9-5-14)12-22-21(28)16(3)29-19(27)13-26-24-20(23-25-26)18-10-6-15(2)7-11-18/h4-11,16H,12-13H2,1-3H3,(H,22,28). The average molecular weight is 393 g/mol. The van der Waals surface area contributed by atoms with Crippen molar-refractivity contribution in [1.82, 2.24) is 25.5 Å². The summed E-state index contributed by atoms with van der Waals surface area (Å²) in [6.45, 7) is 5.65. The minimum Gasteiger partial charge on any atom is -0.451 e. The predicted molar refractivity (Wildman–Crippen MR) is 107 cm³/mol. The highest BCUT2D eigenvalue weighted by Crippen LogP contribution is 2.13. The van der Waals surface area contributed by atoms with Crippen molar-refractivity contribution >= 4 is 11.9 Å². The van der Waals surface area contributed by atoms with Crippen molar-refractivity contribution in [3.63, 3.8) is 0 Å². The summed E-state index contributed by atoms with van der Waals surface area (Å²) in [5.74, 6) is -0.566. The maximum atomic E-state index is 12.1. The van der Waals surface area contributed by atoms with Crippen LogP contribution in [0.4, 0.5) is 0 Å². The van der Waals surface area contributed by atoms with Crippen LogP contribution in [0.3, 0.4) is 0 Å². The molecule has 1 N–H and O–H groups in total. The van der Waals surface area contributed by atoms with Crippen LogP contribution in [0.5, 0.6) is 0 Å². The highest BCUT2D eigenvalue weighted by molar-refractivity contribution is 5.83. The summed E-state index contributed by atoms with van der Waals surface area (Å²) in [6, 6.07) is 15.5. The molecule has 29 heavy (non-hydrogen) atoms. The maximum Gasteiger partial charge on any atom is 0.330 e. The fourth-order valence-electron chi connectivity index (χ4n) is 2.57. The van der Waals surface area contributed by atoms with Gasteiger partial charge in [0.1, 0.15) is 0 Å². The zero-order valence-electron chi connectivity index (χ0n) is 16.6. The lowest BCUT2D eigenvalue weighted by Crippen LogP contribution is -2.36. The smallest absolute Gasteiger partial charge is 0.330 e. The number of hydrogen-bond acceptors (Lipinski definition) is 6. The maximum absolute atomic E-state index is 12.1. The molecule has 2 aromatic carbocycles. The van der Waals surface area contributed by atoms with Crippen LogP contribution in [-0.2, 0) is 27.4 Å². The Bertz CT molecular complexity index is 980. The van der Waals surface area contributed by atoms with Gasteiger partial charge in [0.05, 0.1) is 0 Å². The lowest BCUT2D eigenvalue weighted by Gasteiger charge is -2.13. The molecule has 0 aliphatic heterocycles. The van der Waals surface area contributed by atoms with Gasteiger partial charge in [-0.25, -0.2) is 4.79 Å². The van der Waals surface area contributed by atoms with Crippen molar-refractivity contribution in [1.29, 1.82) is 0 Å². The summed E-state index contributed by atoms with van der Waals surface area (Å²) >= 11 is 0. The van der Waals surface area contributed by atoms with Crippen LogP contribution in [0.2, 0.25) is 0 Å². The quantitative estimate of drug-likeness (QED) is 0.618. The van der Waals surface area contributed by atoms with Gasteiger partial charge < -0.3 is 10.1 Å². The number of nitrogens with zero attached hydrogens (tertiary/aromatic N) is 4. The summed E-state index contributed by atoms with van der Waals surface area (Å²) in [7, 11) is 0. The average Bonchev–Trinajstić information content (AvgIpc) is 3.16. The molecule has 8 heteroatoms. The summed E-state index contributed by atoms with van der Waals surface area (Å²) in [4.78, 5) is 25.4. The molecule has 1 heterocycles. The number of benzene rings is 2. The van der Waals surface area contributed by atoms with Gasteiger partial charge in [-0.05, 0) is 31.5 Å². The summed E-state index contributed by atoms with van der Waals surface area (Å²) in [6.07, 6.45) is -0.923. The monoisotopic (exact) mass is 393 g/mol. The van der Waals surface area contributed by atoms with E-state index in [0.717, 1.165) is 27.1 Å². The van der Waals surface area contributed by atoms with Crippen LogP contribution in [0.25, 0.3) is 11.4 Å². The van der Waals surface area contributed by atoms with Crippen LogP contribution in [0.1, 0.15) is 23.6 Å². The molecule has 0 spiro atoms. The van der Waals surface area contributed by atoms with Crippen molar-refractivity contribution in [2.45, 2.75) is 40.0 Å². The Labute approximate surface area is 168 Å². The first-order valence-corrected chi connectivity index (χ1v) is 9.28. The molecule has 0 radical (unpaired) electrons. The number of nitrogens with one attached hydrogen (secondary N) is 1. The van der Waals surface area contributed by atoms with Crippen molar-refractivity contribution < 1.29 is 14.3 Å². The van der Waals surface area contributed by atoms with Gasteiger partial charge in [-0.15, -0.1) is 10.2 Å². The second-order valence-electron chi connectivity index (χ2n) is 6.84. The number of aryl methyl sites for hydroxylation is 2. The Kier molecular flexibility index (Phi) is 6.33. The first-order chi connectivity index (χ1) is 13.9. The molecule has 0 saturated carbocycles. The Morgan fingerprint density at radius 1 is 1.03 bits per heavy atom. The van der Waals surface area contributed by atoms with Gasteiger partial charge in [0.25, 0.3) is 5.91 Å². The first-order valence-electron chi connectivity index (χ1n) is 9.28. The van der Waals surface area contributed by atoms with Gasteiger partial charge in [0, 0.05) is 12.1 Å². The fraction of sp³-hybridized carbons (Fsp3) is 0.286. The van der Waals surface area contributed by atoms with Gasteiger partial charge in [0.2, 0.25) is 5.82 Å². The third kappa shape index (κ3) is 5.71. The molecule has 1 unspecified atom stereocenters. The Morgan fingerprint density at radius 2 is 1.66 bits per heavy atom. The molecule has 3 aromatic rings. The third-order valence-electron chi connectivity index (χ3n) is 4.30. The van der Waals surface area contributed by atoms with Crippen molar-refractivity contribution in [3.05, 3.63) is 65.2 Å². The fourth-order valence-corrected chi connectivity index (χ4v) is 2.57. The zero-order valence-corrected chi connectivity index (χ0v) is 16.6. The van der Waals surface area contributed by atoms with Crippen LogP contribution in [-0.4, -0.2) is 38.2 Å². The number of amides is 1. The lowest BCUT2D eigenvalue weighted by atomic mass is 10.1. The SMILES string of the molecule is Cc1ccc(CNC(=O)C(C)OC(=O)Cn2nnc(-c3ccc(C)cc3)n2)cc1. The van der Waals surface area contributed by atoms with Gasteiger partial charge in [-0.3, -0.25) is 4.79 Å². The van der Waals surface area contributed by atoms with Gasteiger partial charge >= 0.3 is 5.97 Å². The summed E-state index contributed by atoms with van der Waals surface area (Å²) in [5, 5.41) is 14.7. The molecule has 3 rings (SSSR count). The van der Waals surface area contributed by atoms with E-state index >= 15 is 0 Å². The molecule has 1 atom stereocenters. The van der Waals surface area contributed by atoms with Crippen LogP contribution < -0.4 is 5.32 Å². The van der Waals surface area contributed by atoms with Crippen molar-refractivity contribution in [2.24, 2.45) is 0 Å². The second-order valence-corrected chi connectivity index (χ2v) is 6.84. The number of hydrogen-bond donors (Lipinski definition) is 1. The number of carbonyl (C=O) groups excluding carboxylic acids is 2. The highest BCUT2D eigenvalue weighted by Gasteiger charge is 2.19. The van der Waals surface area contributed by atoms with Gasteiger partial charge in [0.15, 0.2) is 12.6 Å². The Hall–Kier alpha value is -3.55. The Balaban J connectivity index is 1.48. The first kappa shape index (κ1) is 20.2. The van der Waals surface area contributed by atoms with Crippen molar-refractivity contribution in [2.75, 3.05) is 0 Å². The van der Waals surface area contributed by atoms with E-state index in [2.05, 4.69) is 20.7 Å². The molecule has 1 amide bonds. The minimum absolute atomic E-state index is 0.228. The lowest BCUT2D eigenvalue weighted by molar-refractivity contribution is -0.155. The van der Waals surface area contributed by atoms with Crippen LogP contribution >= 0.6 is 0 Å². The zero-order chi connectivity index (χ0) is 20.8. The van der Waals surface area contributed by atoms with E-state index in [1.165, 1.54) is 6.92 Å². The number of esters is 1. The normalized spacial score (nSPS) is 11.7.